The first-order chi connectivity index (χ1) is 8.97. The van der Waals surface area contributed by atoms with Crippen LogP contribution in [0.5, 0.6) is 0 Å². The molecule has 1 fully saturated rings. The molecule has 102 valence electrons. The fourth-order valence-corrected chi connectivity index (χ4v) is 2.47. The first-order valence-corrected chi connectivity index (χ1v) is 6.71. The molecule has 1 saturated heterocycles. The molecular formula is C13H14BrNO4. The number of likely N-dealkylation sites (tertiary alicyclic amines) is 1. The molecule has 2 rings (SSSR count). The van der Waals surface area contributed by atoms with Crippen LogP contribution >= 0.6 is 15.9 Å². The number of benzene rings is 1. The predicted octanol–water partition coefficient (Wildman–Crippen LogP) is 1.04. The smallest absolute Gasteiger partial charge is 0.326 e. The number of aliphatic carboxylic acids is 1. The Morgan fingerprint density at radius 1 is 1.32 bits per heavy atom. The number of aliphatic hydroxyl groups is 1. The van der Waals surface area contributed by atoms with Crippen LogP contribution in [0.25, 0.3) is 0 Å². The van der Waals surface area contributed by atoms with Crippen molar-refractivity contribution in [2.45, 2.75) is 25.0 Å². The molecule has 0 aliphatic carbocycles. The maximum absolute atomic E-state index is 12.1. The third-order valence-corrected chi connectivity index (χ3v) is 3.68. The minimum absolute atomic E-state index is 0.0896. The summed E-state index contributed by atoms with van der Waals surface area (Å²) in [6, 6.07) is 6.36. The van der Waals surface area contributed by atoms with Gasteiger partial charge in [-0.05, 0) is 17.7 Å². The number of amides is 1. The van der Waals surface area contributed by atoms with Crippen molar-refractivity contribution in [2.24, 2.45) is 0 Å². The maximum atomic E-state index is 12.1. The van der Waals surface area contributed by atoms with Gasteiger partial charge in [-0.25, -0.2) is 4.79 Å². The lowest BCUT2D eigenvalue weighted by Gasteiger charge is -2.21. The van der Waals surface area contributed by atoms with E-state index in [1.165, 1.54) is 4.90 Å². The minimum atomic E-state index is -1.07. The van der Waals surface area contributed by atoms with Gasteiger partial charge < -0.3 is 15.1 Å². The Kier molecular flexibility index (Phi) is 4.21. The van der Waals surface area contributed by atoms with Gasteiger partial charge in [0.05, 0.1) is 12.5 Å². The van der Waals surface area contributed by atoms with E-state index < -0.39 is 18.1 Å². The van der Waals surface area contributed by atoms with Crippen LogP contribution in [0.2, 0.25) is 0 Å². The molecule has 0 radical (unpaired) electrons. The summed E-state index contributed by atoms with van der Waals surface area (Å²) < 4.78 is 0.920. The van der Waals surface area contributed by atoms with Crippen LogP contribution in [0.1, 0.15) is 12.0 Å². The van der Waals surface area contributed by atoms with Gasteiger partial charge in [-0.2, -0.15) is 0 Å². The van der Waals surface area contributed by atoms with Gasteiger partial charge in [-0.15, -0.1) is 0 Å². The van der Waals surface area contributed by atoms with Gasteiger partial charge in [-0.3, -0.25) is 4.79 Å². The number of hydrogen-bond donors (Lipinski definition) is 2. The zero-order chi connectivity index (χ0) is 14.0. The zero-order valence-electron chi connectivity index (χ0n) is 10.1. The van der Waals surface area contributed by atoms with E-state index in [9.17, 15) is 14.7 Å². The Balaban J connectivity index is 2.06. The highest BCUT2D eigenvalue weighted by atomic mass is 79.9. The van der Waals surface area contributed by atoms with Gasteiger partial charge in [0.15, 0.2) is 0 Å². The van der Waals surface area contributed by atoms with E-state index in [0.717, 1.165) is 10.0 Å². The second-order valence-electron chi connectivity index (χ2n) is 4.59. The van der Waals surface area contributed by atoms with Crippen molar-refractivity contribution in [3.05, 3.63) is 34.3 Å². The van der Waals surface area contributed by atoms with Gasteiger partial charge in [0, 0.05) is 17.4 Å². The van der Waals surface area contributed by atoms with Crippen LogP contribution in [0.4, 0.5) is 0 Å². The van der Waals surface area contributed by atoms with E-state index in [-0.39, 0.29) is 25.3 Å². The van der Waals surface area contributed by atoms with Crippen molar-refractivity contribution in [2.75, 3.05) is 6.54 Å². The van der Waals surface area contributed by atoms with Crippen LogP contribution in [0.15, 0.2) is 28.7 Å². The van der Waals surface area contributed by atoms with Gasteiger partial charge in [-0.1, -0.05) is 28.1 Å². The quantitative estimate of drug-likeness (QED) is 0.869. The molecule has 19 heavy (non-hydrogen) atoms. The first-order valence-electron chi connectivity index (χ1n) is 5.92. The Hall–Kier alpha value is -1.40. The fourth-order valence-electron chi connectivity index (χ4n) is 2.20. The number of carbonyl (C=O) groups is 2. The topological polar surface area (TPSA) is 77.8 Å². The lowest BCUT2D eigenvalue weighted by Crippen LogP contribution is -2.41. The number of aliphatic hydroxyl groups excluding tert-OH is 1. The summed E-state index contributed by atoms with van der Waals surface area (Å²) in [6.07, 6.45) is -0.513. The van der Waals surface area contributed by atoms with Crippen LogP contribution in [0, 0.1) is 0 Å². The lowest BCUT2D eigenvalue weighted by atomic mass is 10.1. The summed E-state index contributed by atoms with van der Waals surface area (Å²) in [5.41, 5.74) is 0.818. The minimum Gasteiger partial charge on any atom is -0.480 e. The third-order valence-electron chi connectivity index (χ3n) is 3.15. The van der Waals surface area contributed by atoms with E-state index in [4.69, 9.17) is 5.11 Å². The number of carboxylic acids is 1. The van der Waals surface area contributed by atoms with Gasteiger partial charge in [0.1, 0.15) is 6.04 Å². The molecule has 0 saturated carbocycles. The van der Waals surface area contributed by atoms with Gasteiger partial charge in [0.2, 0.25) is 5.91 Å². The molecule has 0 aromatic heterocycles. The first kappa shape index (κ1) is 14.0. The second kappa shape index (κ2) is 5.71. The number of hydrogen-bond acceptors (Lipinski definition) is 3. The molecule has 0 spiro atoms. The maximum Gasteiger partial charge on any atom is 0.326 e. The Morgan fingerprint density at radius 3 is 2.53 bits per heavy atom. The van der Waals surface area contributed by atoms with Gasteiger partial charge >= 0.3 is 5.97 Å². The van der Waals surface area contributed by atoms with E-state index >= 15 is 0 Å². The number of β-amino-alcohol motifs (C(OH)–C–C–N with tert-alkyl or cyclic N) is 1. The highest BCUT2D eigenvalue weighted by Crippen LogP contribution is 2.20. The molecule has 2 atom stereocenters. The molecule has 1 aromatic rings. The highest BCUT2D eigenvalue weighted by molar-refractivity contribution is 9.10. The molecule has 0 bridgehead atoms. The van der Waals surface area contributed by atoms with Crippen LogP contribution in [-0.4, -0.2) is 45.7 Å². The Labute approximate surface area is 119 Å². The number of carboxylic acid groups (broad SMARTS) is 1. The molecule has 1 aliphatic rings. The summed E-state index contributed by atoms with van der Waals surface area (Å²) in [5, 5.41) is 18.5. The van der Waals surface area contributed by atoms with Gasteiger partial charge in [0.25, 0.3) is 0 Å². The normalized spacial score (nSPS) is 22.5. The summed E-state index contributed by atoms with van der Waals surface area (Å²) in [7, 11) is 0. The van der Waals surface area contributed by atoms with E-state index in [1.54, 1.807) is 0 Å². The molecule has 5 nitrogen and oxygen atoms in total. The average molecular weight is 328 g/mol. The summed E-state index contributed by atoms with van der Waals surface area (Å²) in [5.74, 6) is -1.34. The summed E-state index contributed by atoms with van der Waals surface area (Å²) in [6.45, 7) is 0.0896. The third kappa shape index (κ3) is 3.33. The lowest BCUT2D eigenvalue weighted by molar-refractivity contribution is -0.148. The fraction of sp³-hybridized carbons (Fsp3) is 0.385. The Morgan fingerprint density at radius 2 is 1.95 bits per heavy atom. The van der Waals surface area contributed by atoms with Crippen molar-refractivity contribution in [1.29, 1.82) is 0 Å². The molecule has 2 N–H and O–H groups in total. The Bertz CT molecular complexity index is 488. The van der Waals surface area contributed by atoms with Crippen molar-refractivity contribution in [3.8, 4) is 0 Å². The standard InChI is InChI=1S/C13H14BrNO4/c14-9-3-1-8(2-4-9)5-12(17)15-7-10(16)6-11(15)13(18)19/h1-4,10-11,16H,5-7H2,(H,18,19). The summed E-state index contributed by atoms with van der Waals surface area (Å²) in [4.78, 5) is 24.4. The number of rotatable bonds is 3. The molecule has 1 aromatic carbocycles. The molecule has 1 amide bonds. The largest absolute Gasteiger partial charge is 0.480 e. The monoisotopic (exact) mass is 327 g/mol. The molecule has 2 unspecified atom stereocenters. The average Bonchev–Trinajstić information content (AvgIpc) is 2.74. The highest BCUT2D eigenvalue weighted by Gasteiger charge is 2.38. The van der Waals surface area contributed by atoms with Crippen LogP contribution in [0.3, 0.4) is 0 Å². The van der Waals surface area contributed by atoms with Crippen molar-refractivity contribution >= 4 is 27.8 Å². The van der Waals surface area contributed by atoms with Crippen LogP contribution < -0.4 is 0 Å². The summed E-state index contributed by atoms with van der Waals surface area (Å²) >= 11 is 3.31. The number of carbonyl (C=O) groups excluding carboxylic acids is 1. The van der Waals surface area contributed by atoms with Crippen molar-refractivity contribution in [3.63, 3.8) is 0 Å². The SMILES string of the molecule is O=C(O)C1CC(O)CN1C(=O)Cc1ccc(Br)cc1. The van der Waals surface area contributed by atoms with E-state index in [1.807, 2.05) is 24.3 Å². The number of halogens is 1. The van der Waals surface area contributed by atoms with Crippen molar-refractivity contribution in [1.82, 2.24) is 4.90 Å². The zero-order valence-corrected chi connectivity index (χ0v) is 11.7. The van der Waals surface area contributed by atoms with E-state index in [2.05, 4.69) is 15.9 Å². The predicted molar refractivity (Wildman–Crippen MR) is 71.6 cm³/mol. The molecule has 6 heteroatoms. The second-order valence-corrected chi connectivity index (χ2v) is 5.51. The molecule has 1 aliphatic heterocycles. The van der Waals surface area contributed by atoms with E-state index in [0.29, 0.717) is 0 Å². The number of nitrogens with zero attached hydrogens (tertiary/aromatic N) is 1. The molecular weight excluding hydrogens is 314 g/mol. The van der Waals surface area contributed by atoms with Crippen LogP contribution in [-0.2, 0) is 16.0 Å². The van der Waals surface area contributed by atoms with Crippen molar-refractivity contribution < 1.29 is 19.8 Å². The molecule has 1 heterocycles.